The Hall–Kier alpha value is -4.05. The largest absolute Gasteiger partial charge is 0.507 e. The molecule has 2 aromatic carbocycles. The van der Waals surface area contributed by atoms with Crippen LogP contribution in [0.15, 0.2) is 58.7 Å². The summed E-state index contributed by atoms with van der Waals surface area (Å²) in [4.78, 5) is 19.9. The number of aliphatic hydroxyl groups is 1. The summed E-state index contributed by atoms with van der Waals surface area (Å²) in [6, 6.07) is 16.4. The third kappa shape index (κ3) is 3.21. The number of nitriles is 1. The first-order valence-corrected chi connectivity index (χ1v) is 8.97. The Balaban J connectivity index is 1.63. The quantitative estimate of drug-likeness (QED) is 0.299. The predicted molar refractivity (Wildman–Crippen MR) is 107 cm³/mol. The fraction of sp³-hybridized carbons (Fsp3) is 0.136. The number of hydrogen-bond acceptors (Lipinski definition) is 6. The maximum Gasteiger partial charge on any atom is 0.375 e. The van der Waals surface area contributed by atoms with E-state index in [9.17, 15) is 15.2 Å². The molecule has 1 atom stereocenters. The average Bonchev–Trinajstić information content (AvgIpc) is 3.30. The Morgan fingerprint density at radius 1 is 1.24 bits per heavy atom. The number of nitrogens with one attached hydrogen (secondary N) is 1. The van der Waals surface area contributed by atoms with Crippen molar-refractivity contribution in [3.05, 3.63) is 71.4 Å². The molecule has 0 aliphatic rings. The van der Waals surface area contributed by atoms with E-state index in [0.29, 0.717) is 16.7 Å². The molecule has 0 fully saturated rings. The Bertz CT molecular complexity index is 1270. The Labute approximate surface area is 165 Å². The van der Waals surface area contributed by atoms with Crippen LogP contribution in [-0.2, 0) is 4.74 Å². The van der Waals surface area contributed by atoms with Crippen LogP contribution in [0.2, 0.25) is 0 Å². The van der Waals surface area contributed by atoms with Gasteiger partial charge >= 0.3 is 5.97 Å². The molecule has 4 aromatic rings. The molecule has 2 aromatic heterocycles. The number of ether oxygens (including phenoxy) is 1. The normalized spacial score (nSPS) is 13.1. The van der Waals surface area contributed by atoms with E-state index in [0.717, 1.165) is 10.9 Å². The third-order valence-corrected chi connectivity index (χ3v) is 4.69. The number of rotatable bonds is 4. The van der Waals surface area contributed by atoms with Crippen LogP contribution >= 0.6 is 0 Å². The molecule has 0 aliphatic carbocycles. The Kier molecular flexibility index (Phi) is 4.53. The molecular weight excluding hydrogens is 370 g/mol. The monoisotopic (exact) mass is 387 g/mol. The summed E-state index contributed by atoms with van der Waals surface area (Å²) in [5, 5.41) is 20.9. The van der Waals surface area contributed by atoms with Crippen LogP contribution in [-0.4, -0.2) is 27.1 Å². The number of hydrogen-bond donors (Lipinski definition) is 2. The lowest BCUT2D eigenvalue weighted by Gasteiger charge is -2.13. The van der Waals surface area contributed by atoms with Crippen molar-refractivity contribution in [2.24, 2.45) is 0 Å². The lowest BCUT2D eigenvalue weighted by Crippen LogP contribution is -2.18. The van der Waals surface area contributed by atoms with Crippen LogP contribution < -0.4 is 0 Å². The standard InChI is InChI=1S/C22H17N3O4/c1-12-14-7-3-6-10-18(14)29-20(12)22(27)28-13(2)19(26)15(11-23)21-24-16-8-4-5-9-17(16)25-21/h3-10,13,26H,1-2H3,(H,24,25)/b19-15-/t13-/m1/s1. The highest BCUT2D eigenvalue weighted by Gasteiger charge is 2.25. The van der Waals surface area contributed by atoms with Crippen molar-refractivity contribution >= 4 is 33.5 Å². The second kappa shape index (κ2) is 7.17. The molecule has 0 saturated heterocycles. The number of aliphatic hydroxyl groups excluding tert-OH is 1. The van der Waals surface area contributed by atoms with E-state index >= 15 is 0 Å². The minimum absolute atomic E-state index is 0.0631. The molecule has 7 nitrogen and oxygen atoms in total. The zero-order valence-corrected chi connectivity index (χ0v) is 15.8. The van der Waals surface area contributed by atoms with Crippen molar-refractivity contribution in [2.45, 2.75) is 20.0 Å². The highest BCUT2D eigenvalue weighted by atomic mass is 16.6. The van der Waals surface area contributed by atoms with Gasteiger partial charge in [-0.15, -0.1) is 0 Å². The maximum absolute atomic E-state index is 12.6. The molecular formula is C22H17N3O4. The fourth-order valence-electron chi connectivity index (χ4n) is 3.14. The van der Waals surface area contributed by atoms with Gasteiger partial charge in [0, 0.05) is 10.9 Å². The van der Waals surface area contributed by atoms with Gasteiger partial charge < -0.3 is 19.2 Å². The van der Waals surface area contributed by atoms with Crippen LogP contribution in [0.4, 0.5) is 0 Å². The highest BCUT2D eigenvalue weighted by molar-refractivity contribution is 5.96. The van der Waals surface area contributed by atoms with Crippen LogP contribution in [0, 0.1) is 18.3 Å². The van der Waals surface area contributed by atoms with Gasteiger partial charge in [0.1, 0.15) is 17.2 Å². The van der Waals surface area contributed by atoms with E-state index in [1.165, 1.54) is 6.92 Å². The number of aromatic nitrogens is 2. The highest BCUT2D eigenvalue weighted by Crippen LogP contribution is 2.27. The second-order valence-corrected chi connectivity index (χ2v) is 6.57. The van der Waals surface area contributed by atoms with E-state index in [1.807, 2.05) is 42.5 Å². The van der Waals surface area contributed by atoms with Crippen molar-refractivity contribution < 1.29 is 19.1 Å². The lowest BCUT2D eigenvalue weighted by molar-refractivity contribution is 0.0300. The molecule has 0 aliphatic heterocycles. The molecule has 4 rings (SSSR count). The molecule has 0 unspecified atom stereocenters. The number of nitrogens with zero attached hydrogens (tertiary/aromatic N) is 2. The van der Waals surface area contributed by atoms with Gasteiger partial charge in [-0.1, -0.05) is 30.3 Å². The Morgan fingerprint density at radius 2 is 1.97 bits per heavy atom. The number of carbonyl (C=O) groups is 1. The van der Waals surface area contributed by atoms with Crippen LogP contribution in [0.1, 0.15) is 28.9 Å². The lowest BCUT2D eigenvalue weighted by atomic mass is 10.1. The van der Waals surface area contributed by atoms with Gasteiger partial charge in [-0.3, -0.25) is 0 Å². The number of imidazole rings is 1. The summed E-state index contributed by atoms with van der Waals surface area (Å²) < 4.78 is 11.0. The number of para-hydroxylation sites is 3. The molecule has 2 N–H and O–H groups in total. The van der Waals surface area contributed by atoms with E-state index in [-0.39, 0.29) is 17.2 Å². The molecule has 29 heavy (non-hydrogen) atoms. The summed E-state index contributed by atoms with van der Waals surface area (Å²) in [6.07, 6.45) is -1.07. The summed E-state index contributed by atoms with van der Waals surface area (Å²) >= 11 is 0. The van der Waals surface area contributed by atoms with Crippen LogP contribution in [0.3, 0.4) is 0 Å². The molecule has 144 valence electrons. The number of H-pyrrole nitrogens is 1. The van der Waals surface area contributed by atoms with Gasteiger partial charge in [0.15, 0.2) is 17.7 Å². The summed E-state index contributed by atoms with van der Waals surface area (Å²) in [6.45, 7) is 3.24. The Morgan fingerprint density at radius 3 is 2.69 bits per heavy atom. The number of fused-ring (bicyclic) bond motifs is 2. The van der Waals surface area contributed by atoms with Gasteiger partial charge in [-0.2, -0.15) is 5.26 Å². The smallest absolute Gasteiger partial charge is 0.375 e. The molecule has 7 heteroatoms. The molecule has 0 amide bonds. The van der Waals surface area contributed by atoms with E-state index in [2.05, 4.69) is 9.97 Å². The average molecular weight is 387 g/mol. The number of carbonyl (C=O) groups excluding carboxylic acids is 1. The van der Waals surface area contributed by atoms with Crippen molar-refractivity contribution in [2.75, 3.05) is 0 Å². The van der Waals surface area contributed by atoms with Gasteiger partial charge in [-0.25, -0.2) is 9.78 Å². The van der Waals surface area contributed by atoms with Crippen molar-refractivity contribution in [1.29, 1.82) is 5.26 Å². The van der Waals surface area contributed by atoms with Gasteiger partial charge in [-0.05, 0) is 32.0 Å². The zero-order chi connectivity index (χ0) is 20.5. The van der Waals surface area contributed by atoms with Crippen molar-refractivity contribution in [3.8, 4) is 6.07 Å². The predicted octanol–water partition coefficient (Wildman–Crippen LogP) is 4.66. The van der Waals surface area contributed by atoms with Gasteiger partial charge in [0.2, 0.25) is 5.76 Å². The molecule has 0 saturated carbocycles. The molecule has 0 radical (unpaired) electrons. The third-order valence-electron chi connectivity index (χ3n) is 4.69. The minimum atomic E-state index is -1.07. The fourth-order valence-corrected chi connectivity index (χ4v) is 3.14. The number of benzene rings is 2. The molecule has 2 heterocycles. The van der Waals surface area contributed by atoms with Crippen molar-refractivity contribution in [1.82, 2.24) is 9.97 Å². The summed E-state index contributed by atoms with van der Waals surface area (Å²) in [7, 11) is 0. The number of allylic oxidation sites excluding steroid dienone is 1. The summed E-state index contributed by atoms with van der Waals surface area (Å²) in [5.74, 6) is -0.851. The van der Waals surface area contributed by atoms with E-state index < -0.39 is 17.8 Å². The molecule has 0 spiro atoms. The number of furan rings is 1. The van der Waals surface area contributed by atoms with Crippen molar-refractivity contribution in [3.63, 3.8) is 0 Å². The summed E-state index contributed by atoms with van der Waals surface area (Å²) in [5.41, 5.74) is 2.52. The SMILES string of the molecule is Cc1c(C(=O)O[C@H](C)/C(O)=C(\C#N)c2nc3ccccc3[nH]2)oc2ccccc12. The molecule has 0 bridgehead atoms. The second-order valence-electron chi connectivity index (χ2n) is 6.57. The van der Waals surface area contributed by atoms with Crippen LogP contribution in [0.5, 0.6) is 0 Å². The van der Waals surface area contributed by atoms with Gasteiger partial charge in [0.25, 0.3) is 0 Å². The first-order valence-electron chi connectivity index (χ1n) is 8.97. The first-order chi connectivity index (χ1) is 14.0. The zero-order valence-electron chi connectivity index (χ0n) is 15.8. The number of aryl methyl sites for hydroxylation is 1. The van der Waals surface area contributed by atoms with Crippen LogP contribution in [0.25, 0.3) is 27.6 Å². The topological polar surface area (TPSA) is 112 Å². The maximum atomic E-state index is 12.6. The minimum Gasteiger partial charge on any atom is -0.507 e. The number of esters is 1. The first kappa shape index (κ1) is 18.3. The number of aromatic amines is 1. The van der Waals surface area contributed by atoms with Gasteiger partial charge in [0.05, 0.1) is 11.0 Å². The van der Waals surface area contributed by atoms with E-state index in [4.69, 9.17) is 9.15 Å². The van der Waals surface area contributed by atoms with E-state index in [1.54, 1.807) is 19.1 Å².